The molecule has 1 atom stereocenters. The van der Waals surface area contributed by atoms with Gasteiger partial charge in [-0.2, -0.15) is 11.8 Å². The van der Waals surface area contributed by atoms with Crippen LogP contribution in [0.1, 0.15) is 26.7 Å². The highest BCUT2D eigenvalue weighted by Crippen LogP contribution is 2.01. The standard InChI is InChI=1S/C10H23NOS/c1-3-10(2)9-11-5-8-13-7-4-6-12/h10-12H,3-9H2,1-2H3. The van der Waals surface area contributed by atoms with Crippen molar-refractivity contribution in [2.75, 3.05) is 31.2 Å². The minimum absolute atomic E-state index is 0.327. The molecular weight excluding hydrogens is 182 g/mol. The maximum Gasteiger partial charge on any atom is 0.0438 e. The summed E-state index contributed by atoms with van der Waals surface area (Å²) in [6.07, 6.45) is 2.18. The maximum absolute atomic E-state index is 8.54. The first-order chi connectivity index (χ1) is 6.31. The Morgan fingerprint density at radius 3 is 2.77 bits per heavy atom. The fourth-order valence-corrected chi connectivity index (χ4v) is 1.73. The number of hydrogen-bond donors (Lipinski definition) is 2. The van der Waals surface area contributed by atoms with E-state index in [2.05, 4.69) is 19.2 Å². The highest BCUT2D eigenvalue weighted by Gasteiger charge is 1.96. The van der Waals surface area contributed by atoms with Crippen molar-refractivity contribution in [1.82, 2.24) is 5.32 Å². The molecule has 0 bridgehead atoms. The normalized spacial score (nSPS) is 13.2. The number of rotatable bonds is 9. The zero-order valence-electron chi connectivity index (χ0n) is 8.88. The second-order valence-electron chi connectivity index (χ2n) is 3.41. The second-order valence-corrected chi connectivity index (χ2v) is 4.63. The van der Waals surface area contributed by atoms with Crippen molar-refractivity contribution in [3.05, 3.63) is 0 Å². The molecule has 0 amide bonds. The van der Waals surface area contributed by atoms with Crippen LogP contribution in [0.25, 0.3) is 0 Å². The van der Waals surface area contributed by atoms with Gasteiger partial charge in [0, 0.05) is 18.9 Å². The topological polar surface area (TPSA) is 32.3 Å². The first kappa shape index (κ1) is 13.3. The molecule has 2 nitrogen and oxygen atoms in total. The third-order valence-corrected chi connectivity index (χ3v) is 3.13. The summed E-state index contributed by atoms with van der Waals surface area (Å²) in [4.78, 5) is 0. The van der Waals surface area contributed by atoms with E-state index in [4.69, 9.17) is 5.11 Å². The van der Waals surface area contributed by atoms with E-state index in [9.17, 15) is 0 Å². The van der Waals surface area contributed by atoms with Gasteiger partial charge in [0.05, 0.1) is 0 Å². The molecule has 0 fully saturated rings. The minimum atomic E-state index is 0.327. The van der Waals surface area contributed by atoms with Gasteiger partial charge in [-0.1, -0.05) is 20.3 Å². The van der Waals surface area contributed by atoms with E-state index >= 15 is 0 Å². The van der Waals surface area contributed by atoms with Gasteiger partial charge in [-0.05, 0) is 24.6 Å². The van der Waals surface area contributed by atoms with Gasteiger partial charge in [0.2, 0.25) is 0 Å². The largest absolute Gasteiger partial charge is 0.396 e. The van der Waals surface area contributed by atoms with Crippen LogP contribution in [0, 0.1) is 5.92 Å². The molecule has 0 rings (SSSR count). The molecule has 0 aliphatic heterocycles. The van der Waals surface area contributed by atoms with Gasteiger partial charge in [-0.3, -0.25) is 0 Å². The van der Waals surface area contributed by atoms with E-state index < -0.39 is 0 Å². The van der Waals surface area contributed by atoms with Crippen LogP contribution in [0.2, 0.25) is 0 Å². The molecule has 0 spiro atoms. The average Bonchev–Trinajstić information content (AvgIpc) is 2.16. The quantitative estimate of drug-likeness (QED) is 0.562. The number of nitrogens with one attached hydrogen (secondary N) is 1. The molecule has 2 N–H and O–H groups in total. The van der Waals surface area contributed by atoms with Crippen molar-refractivity contribution in [3.63, 3.8) is 0 Å². The van der Waals surface area contributed by atoms with Crippen molar-refractivity contribution < 1.29 is 5.11 Å². The van der Waals surface area contributed by atoms with Gasteiger partial charge in [0.15, 0.2) is 0 Å². The lowest BCUT2D eigenvalue weighted by Gasteiger charge is -2.09. The molecule has 0 aromatic carbocycles. The Hall–Kier alpha value is 0.270. The molecule has 13 heavy (non-hydrogen) atoms. The van der Waals surface area contributed by atoms with Crippen molar-refractivity contribution in [2.24, 2.45) is 5.92 Å². The summed E-state index contributed by atoms with van der Waals surface area (Å²) < 4.78 is 0. The van der Waals surface area contributed by atoms with E-state index in [1.165, 1.54) is 6.42 Å². The Morgan fingerprint density at radius 1 is 1.38 bits per heavy atom. The van der Waals surface area contributed by atoms with Crippen LogP contribution >= 0.6 is 11.8 Å². The van der Waals surface area contributed by atoms with Crippen molar-refractivity contribution >= 4 is 11.8 Å². The summed E-state index contributed by atoms with van der Waals surface area (Å²) in [7, 11) is 0. The van der Waals surface area contributed by atoms with Crippen LogP contribution in [0.15, 0.2) is 0 Å². The van der Waals surface area contributed by atoms with E-state index in [-0.39, 0.29) is 0 Å². The van der Waals surface area contributed by atoms with E-state index in [0.29, 0.717) is 6.61 Å². The van der Waals surface area contributed by atoms with Crippen molar-refractivity contribution in [3.8, 4) is 0 Å². The maximum atomic E-state index is 8.54. The summed E-state index contributed by atoms with van der Waals surface area (Å²) in [6.45, 7) is 7.05. The van der Waals surface area contributed by atoms with Crippen LogP contribution in [0.3, 0.4) is 0 Å². The minimum Gasteiger partial charge on any atom is -0.396 e. The predicted molar refractivity (Wildman–Crippen MR) is 61.4 cm³/mol. The fraction of sp³-hybridized carbons (Fsp3) is 1.00. The Kier molecular flexibility index (Phi) is 10.6. The van der Waals surface area contributed by atoms with E-state index in [1.807, 2.05) is 11.8 Å². The zero-order valence-corrected chi connectivity index (χ0v) is 9.70. The van der Waals surface area contributed by atoms with Gasteiger partial charge >= 0.3 is 0 Å². The lowest BCUT2D eigenvalue weighted by Crippen LogP contribution is -2.23. The monoisotopic (exact) mass is 205 g/mol. The Morgan fingerprint density at radius 2 is 2.15 bits per heavy atom. The van der Waals surface area contributed by atoms with Crippen molar-refractivity contribution in [1.29, 1.82) is 0 Å². The number of aliphatic hydroxyl groups is 1. The highest BCUT2D eigenvalue weighted by atomic mass is 32.2. The van der Waals surface area contributed by atoms with Crippen LogP contribution in [0.4, 0.5) is 0 Å². The summed E-state index contributed by atoms with van der Waals surface area (Å²) in [6, 6.07) is 0. The van der Waals surface area contributed by atoms with Gasteiger partial charge in [-0.15, -0.1) is 0 Å². The van der Waals surface area contributed by atoms with Crippen LogP contribution in [-0.2, 0) is 0 Å². The third-order valence-electron chi connectivity index (χ3n) is 2.06. The average molecular weight is 205 g/mol. The number of hydrogen-bond acceptors (Lipinski definition) is 3. The molecule has 0 aromatic heterocycles. The molecule has 0 saturated heterocycles. The van der Waals surface area contributed by atoms with Gasteiger partial charge in [0.25, 0.3) is 0 Å². The lowest BCUT2D eigenvalue weighted by molar-refractivity contribution is 0.296. The zero-order chi connectivity index (χ0) is 9.94. The SMILES string of the molecule is CCC(C)CNCCSCCCO. The molecule has 0 heterocycles. The predicted octanol–water partition coefficient (Wildman–Crippen LogP) is 1.74. The van der Waals surface area contributed by atoms with Crippen LogP contribution < -0.4 is 5.32 Å². The first-order valence-corrected chi connectivity index (χ1v) is 6.36. The van der Waals surface area contributed by atoms with Crippen molar-refractivity contribution in [2.45, 2.75) is 26.7 Å². The Bertz CT molecular complexity index is 101. The molecule has 80 valence electrons. The number of thioether (sulfide) groups is 1. The molecule has 3 heteroatoms. The third kappa shape index (κ3) is 10.2. The molecule has 0 aliphatic rings. The molecule has 0 aromatic rings. The summed E-state index contributed by atoms with van der Waals surface area (Å²) in [5.41, 5.74) is 0. The molecule has 0 aliphatic carbocycles. The fourth-order valence-electron chi connectivity index (χ4n) is 0.906. The molecule has 0 saturated carbocycles. The summed E-state index contributed by atoms with van der Waals surface area (Å²) in [5.74, 6) is 3.04. The van der Waals surface area contributed by atoms with E-state index in [1.54, 1.807) is 0 Å². The summed E-state index contributed by atoms with van der Waals surface area (Å²) in [5, 5.41) is 12.0. The number of aliphatic hydroxyl groups excluding tert-OH is 1. The smallest absolute Gasteiger partial charge is 0.0438 e. The van der Waals surface area contributed by atoms with Gasteiger partial charge in [0.1, 0.15) is 0 Å². The van der Waals surface area contributed by atoms with Crippen LogP contribution in [-0.4, -0.2) is 36.3 Å². The lowest BCUT2D eigenvalue weighted by atomic mass is 10.1. The molecule has 1 unspecified atom stereocenters. The Labute approximate surface area is 86.5 Å². The summed E-state index contributed by atoms with van der Waals surface area (Å²) >= 11 is 1.91. The van der Waals surface area contributed by atoms with Crippen LogP contribution in [0.5, 0.6) is 0 Å². The Balaban J connectivity index is 2.91. The molecule has 0 radical (unpaired) electrons. The van der Waals surface area contributed by atoms with Gasteiger partial charge in [-0.25, -0.2) is 0 Å². The van der Waals surface area contributed by atoms with E-state index in [0.717, 1.165) is 36.9 Å². The first-order valence-electron chi connectivity index (χ1n) is 5.20. The second kappa shape index (κ2) is 10.4. The van der Waals surface area contributed by atoms with Gasteiger partial charge < -0.3 is 10.4 Å². The molecular formula is C10H23NOS. The highest BCUT2D eigenvalue weighted by molar-refractivity contribution is 7.99.